The fourth-order valence-electron chi connectivity index (χ4n) is 5.66. The van der Waals surface area contributed by atoms with E-state index in [1.807, 2.05) is 0 Å². The average molecular weight is 570 g/mol. The molecule has 3 atom stereocenters. The van der Waals surface area contributed by atoms with Gasteiger partial charge in [0.1, 0.15) is 0 Å². The molecule has 3 aromatic rings. The van der Waals surface area contributed by atoms with Crippen molar-refractivity contribution in [2.24, 2.45) is 11.8 Å². The molecule has 1 aromatic heterocycles. The zero-order valence-corrected chi connectivity index (χ0v) is 25.4. The van der Waals surface area contributed by atoms with Gasteiger partial charge in [0.25, 0.3) is 8.32 Å². The van der Waals surface area contributed by atoms with Crippen LogP contribution in [0.25, 0.3) is 0 Å². The van der Waals surface area contributed by atoms with Crippen LogP contribution in [0.3, 0.4) is 0 Å². The molecule has 204 valence electrons. The molecule has 1 aliphatic rings. The number of hydrogen-bond donors (Lipinski definition) is 1. The average Bonchev–Trinajstić information content (AvgIpc) is 3.52. The smallest absolute Gasteiger partial charge is 0.357 e. The summed E-state index contributed by atoms with van der Waals surface area (Å²) in [4.78, 5) is 16.3. The molecule has 0 spiro atoms. The van der Waals surface area contributed by atoms with Gasteiger partial charge in [0.2, 0.25) is 0 Å². The van der Waals surface area contributed by atoms with E-state index < -0.39 is 8.32 Å². The first-order valence-electron chi connectivity index (χ1n) is 13.4. The lowest BCUT2D eigenvalue weighted by molar-refractivity contribution is 0.0520. The molecular formula is C30H39NO4S2Si. The van der Waals surface area contributed by atoms with Gasteiger partial charge in [-0.15, -0.1) is 11.3 Å². The first kappa shape index (κ1) is 29.0. The van der Waals surface area contributed by atoms with Crippen LogP contribution in [0.2, 0.25) is 5.04 Å². The maximum atomic E-state index is 11.9. The highest BCUT2D eigenvalue weighted by atomic mass is 32.2. The molecule has 2 aromatic carbocycles. The molecule has 38 heavy (non-hydrogen) atoms. The van der Waals surface area contributed by atoms with Crippen LogP contribution in [0.15, 0.2) is 70.4 Å². The summed E-state index contributed by atoms with van der Waals surface area (Å²) in [6, 6.07) is 21.5. The highest BCUT2D eigenvalue weighted by Crippen LogP contribution is 2.41. The van der Waals surface area contributed by atoms with E-state index in [9.17, 15) is 9.90 Å². The lowest BCUT2D eigenvalue weighted by atomic mass is 9.93. The maximum Gasteiger partial charge on any atom is 0.357 e. The Kier molecular flexibility index (Phi) is 9.87. The number of rotatable bonds is 11. The lowest BCUT2D eigenvalue weighted by Crippen LogP contribution is -2.67. The van der Waals surface area contributed by atoms with Gasteiger partial charge in [-0.2, -0.15) is 0 Å². The van der Waals surface area contributed by atoms with Crippen LogP contribution >= 0.6 is 23.1 Å². The fourth-order valence-corrected chi connectivity index (χ4v) is 12.2. The lowest BCUT2D eigenvalue weighted by Gasteiger charge is -2.44. The molecular weight excluding hydrogens is 531 g/mol. The van der Waals surface area contributed by atoms with Crippen LogP contribution < -0.4 is 10.4 Å². The molecule has 0 aliphatic heterocycles. The minimum atomic E-state index is -2.61. The van der Waals surface area contributed by atoms with Gasteiger partial charge in [0.15, 0.2) is 10.0 Å². The summed E-state index contributed by atoms with van der Waals surface area (Å²) in [5.41, 5.74) is 0.372. The number of carbonyl (C=O) groups is 1. The minimum absolute atomic E-state index is 0.0697. The minimum Gasteiger partial charge on any atom is -0.461 e. The number of thioether (sulfide) groups is 1. The monoisotopic (exact) mass is 569 g/mol. The van der Waals surface area contributed by atoms with Gasteiger partial charge in [-0.3, -0.25) is 0 Å². The molecule has 0 bridgehead atoms. The SMILES string of the molecule is CCOC(=O)c1csc(SCC[C@@H]2[C@@H](CO[Si](c3ccccc3)(c3ccccc3)C(C)(C)C)CC[C@@H]2O)n1. The summed E-state index contributed by atoms with van der Waals surface area (Å²) >= 11 is 3.11. The fraction of sp³-hybridized carbons (Fsp3) is 0.467. The first-order valence-corrected chi connectivity index (χ1v) is 17.2. The van der Waals surface area contributed by atoms with E-state index in [1.54, 1.807) is 24.1 Å². The Balaban J connectivity index is 1.47. The van der Waals surface area contributed by atoms with Crippen molar-refractivity contribution >= 4 is 47.8 Å². The van der Waals surface area contributed by atoms with E-state index >= 15 is 0 Å². The molecule has 0 unspecified atom stereocenters. The van der Waals surface area contributed by atoms with Crippen LogP contribution in [0.4, 0.5) is 0 Å². The van der Waals surface area contributed by atoms with Gasteiger partial charge in [-0.25, -0.2) is 9.78 Å². The van der Waals surface area contributed by atoms with Crippen molar-refractivity contribution in [1.29, 1.82) is 0 Å². The van der Waals surface area contributed by atoms with Crippen molar-refractivity contribution < 1.29 is 19.1 Å². The molecule has 8 heteroatoms. The standard InChI is InChI=1S/C30H39NO4S2Si/c1-5-34-28(33)26-21-37-29(31-26)36-19-18-25-22(16-17-27(25)32)20-35-38(30(2,3)4,23-12-8-6-9-13-23)24-14-10-7-11-15-24/h6-15,21-22,25,27,32H,5,16-20H2,1-4H3/t22-,25-,27+/m1/s1. The van der Waals surface area contributed by atoms with Crippen molar-refractivity contribution in [3.8, 4) is 0 Å². The number of nitrogens with zero attached hydrogens (tertiary/aromatic N) is 1. The molecule has 0 radical (unpaired) electrons. The normalized spacial score (nSPS) is 20.0. The van der Waals surface area contributed by atoms with Crippen LogP contribution in [-0.2, 0) is 9.16 Å². The van der Waals surface area contributed by atoms with Gasteiger partial charge < -0.3 is 14.3 Å². The maximum absolute atomic E-state index is 11.9. The highest BCUT2D eigenvalue weighted by Gasteiger charge is 2.51. The molecule has 4 rings (SSSR count). The summed E-state index contributed by atoms with van der Waals surface area (Å²) < 4.78 is 13.1. The van der Waals surface area contributed by atoms with E-state index in [0.29, 0.717) is 24.8 Å². The number of thiazole rings is 1. The number of aliphatic hydroxyl groups excluding tert-OH is 1. The third-order valence-electron chi connectivity index (χ3n) is 7.51. The Labute approximate surface area is 236 Å². The summed E-state index contributed by atoms with van der Waals surface area (Å²) in [6.45, 7) is 9.68. The Morgan fingerprint density at radius 1 is 1.08 bits per heavy atom. The second-order valence-electron chi connectivity index (χ2n) is 10.9. The van der Waals surface area contributed by atoms with Gasteiger partial charge in [0, 0.05) is 17.7 Å². The van der Waals surface area contributed by atoms with Crippen LogP contribution in [0.1, 0.15) is 57.4 Å². The number of hydrogen-bond acceptors (Lipinski definition) is 7. The Hall–Kier alpha value is -1.97. The Bertz CT molecular complexity index is 1130. The first-order chi connectivity index (χ1) is 18.3. The molecule has 0 saturated heterocycles. The number of ether oxygens (including phenoxy) is 1. The second-order valence-corrected chi connectivity index (χ2v) is 17.4. The molecule has 0 amide bonds. The summed E-state index contributed by atoms with van der Waals surface area (Å²) in [7, 11) is -2.61. The zero-order chi connectivity index (χ0) is 27.2. The second kappa shape index (κ2) is 12.9. The van der Waals surface area contributed by atoms with Crippen molar-refractivity contribution in [3.05, 3.63) is 71.7 Å². The van der Waals surface area contributed by atoms with E-state index in [2.05, 4.69) is 86.4 Å². The predicted molar refractivity (Wildman–Crippen MR) is 159 cm³/mol. The molecule has 1 saturated carbocycles. The van der Waals surface area contributed by atoms with Gasteiger partial charge in [-0.1, -0.05) is 93.2 Å². The van der Waals surface area contributed by atoms with Crippen molar-refractivity contribution in [2.45, 2.75) is 62.4 Å². The topological polar surface area (TPSA) is 68.7 Å². The van der Waals surface area contributed by atoms with Gasteiger partial charge in [-0.05, 0) is 53.4 Å². The number of carbonyl (C=O) groups excluding carboxylic acids is 1. The van der Waals surface area contributed by atoms with Crippen molar-refractivity contribution in [1.82, 2.24) is 4.98 Å². The number of benzene rings is 2. The third-order valence-corrected chi connectivity index (χ3v) is 14.6. The van der Waals surface area contributed by atoms with E-state index in [4.69, 9.17) is 9.16 Å². The summed E-state index contributed by atoms with van der Waals surface area (Å²) in [6.07, 6.45) is 2.36. The molecule has 1 N–H and O–H groups in total. The van der Waals surface area contributed by atoms with Crippen LogP contribution in [0.5, 0.6) is 0 Å². The predicted octanol–water partition coefficient (Wildman–Crippen LogP) is 5.77. The van der Waals surface area contributed by atoms with Gasteiger partial charge >= 0.3 is 5.97 Å². The largest absolute Gasteiger partial charge is 0.461 e. The Morgan fingerprint density at radius 3 is 2.29 bits per heavy atom. The van der Waals surface area contributed by atoms with Crippen LogP contribution in [0, 0.1) is 11.8 Å². The number of aromatic nitrogens is 1. The van der Waals surface area contributed by atoms with E-state index in [-0.39, 0.29) is 23.0 Å². The third kappa shape index (κ3) is 6.42. The zero-order valence-electron chi connectivity index (χ0n) is 22.8. The highest BCUT2D eigenvalue weighted by molar-refractivity contribution is 8.01. The molecule has 1 fully saturated rings. The molecule has 1 heterocycles. The Morgan fingerprint density at radius 2 is 1.71 bits per heavy atom. The molecule has 1 aliphatic carbocycles. The van der Waals surface area contributed by atoms with E-state index in [1.165, 1.54) is 21.7 Å². The van der Waals surface area contributed by atoms with Crippen molar-refractivity contribution in [2.75, 3.05) is 19.0 Å². The number of esters is 1. The molecule has 5 nitrogen and oxygen atoms in total. The summed E-state index contributed by atoms with van der Waals surface area (Å²) in [5.74, 6) is 0.957. The summed E-state index contributed by atoms with van der Waals surface area (Å²) in [5, 5.41) is 15.1. The number of aliphatic hydroxyl groups is 1. The van der Waals surface area contributed by atoms with Crippen molar-refractivity contribution in [3.63, 3.8) is 0 Å². The van der Waals surface area contributed by atoms with E-state index in [0.717, 1.165) is 29.4 Å². The van der Waals surface area contributed by atoms with Crippen LogP contribution in [-0.4, -0.2) is 49.4 Å². The van der Waals surface area contributed by atoms with Gasteiger partial charge in [0.05, 0.1) is 12.7 Å². The quantitative estimate of drug-likeness (QED) is 0.180.